The number of rotatable bonds is 5. The van der Waals surface area contributed by atoms with Crippen molar-refractivity contribution >= 4 is 33.4 Å². The van der Waals surface area contributed by atoms with Gasteiger partial charge in [0.2, 0.25) is 11.8 Å². The second-order valence-electron chi connectivity index (χ2n) is 7.32. The first-order valence-electron chi connectivity index (χ1n) is 9.62. The number of carbonyl (C=O) groups is 2. The van der Waals surface area contributed by atoms with Crippen LogP contribution < -0.4 is 5.32 Å². The molecule has 1 aromatic carbocycles. The van der Waals surface area contributed by atoms with Crippen molar-refractivity contribution in [3.05, 3.63) is 29.3 Å². The van der Waals surface area contributed by atoms with Crippen molar-refractivity contribution in [2.24, 2.45) is 0 Å². The van der Waals surface area contributed by atoms with Crippen molar-refractivity contribution in [2.75, 3.05) is 13.1 Å². The maximum Gasteiger partial charge on any atom is 0.245 e. The summed E-state index contributed by atoms with van der Waals surface area (Å²) in [5.41, 5.74) is 0.508. The minimum absolute atomic E-state index is 0.0593. The lowest BCUT2D eigenvalue weighted by molar-refractivity contribution is -0.147. The predicted octanol–water partition coefficient (Wildman–Crippen LogP) is 3.28. The summed E-state index contributed by atoms with van der Waals surface area (Å²) in [4.78, 5) is 31.7. The fourth-order valence-electron chi connectivity index (χ4n) is 4.31. The van der Waals surface area contributed by atoms with Gasteiger partial charge in [-0.25, -0.2) is 4.98 Å². The molecule has 2 aliphatic heterocycles. The van der Waals surface area contributed by atoms with Crippen LogP contribution in [-0.4, -0.2) is 40.3 Å². The van der Waals surface area contributed by atoms with Gasteiger partial charge in [0.15, 0.2) is 0 Å². The van der Waals surface area contributed by atoms with Gasteiger partial charge in [0.05, 0.1) is 15.2 Å². The summed E-state index contributed by atoms with van der Waals surface area (Å²) >= 11 is 1.74. The molecule has 2 fully saturated rings. The summed E-state index contributed by atoms with van der Waals surface area (Å²) in [5, 5.41) is 4.10. The van der Waals surface area contributed by atoms with E-state index in [9.17, 15) is 9.59 Å². The lowest BCUT2D eigenvalue weighted by Crippen LogP contribution is -2.60. The minimum Gasteiger partial charge on any atom is -0.354 e. The molecule has 3 heterocycles. The molecule has 138 valence electrons. The van der Waals surface area contributed by atoms with E-state index in [1.54, 1.807) is 11.3 Å². The minimum atomic E-state index is -0.553. The molecule has 0 radical (unpaired) electrons. The van der Waals surface area contributed by atoms with E-state index >= 15 is 0 Å². The van der Waals surface area contributed by atoms with Crippen LogP contribution >= 0.6 is 11.3 Å². The Kier molecular flexibility index (Phi) is 4.94. The summed E-state index contributed by atoms with van der Waals surface area (Å²) in [6.07, 6.45) is 6.78. The number of carbonyl (C=O) groups excluding carboxylic acids is 2. The molecule has 26 heavy (non-hydrogen) atoms. The average Bonchev–Trinajstić information content (AvgIpc) is 3.25. The number of fused-ring (bicyclic) bond motifs is 1. The Bertz CT molecular complexity index is 785. The Morgan fingerprint density at radius 1 is 1.23 bits per heavy atom. The zero-order valence-electron chi connectivity index (χ0n) is 15.0. The number of thiazole rings is 1. The largest absolute Gasteiger partial charge is 0.354 e. The van der Waals surface area contributed by atoms with E-state index in [0.717, 1.165) is 68.6 Å². The molecule has 2 amide bonds. The van der Waals surface area contributed by atoms with Gasteiger partial charge in [0.1, 0.15) is 5.54 Å². The summed E-state index contributed by atoms with van der Waals surface area (Å²) in [6, 6.07) is 8.19. The van der Waals surface area contributed by atoms with E-state index in [1.165, 1.54) is 4.70 Å². The topological polar surface area (TPSA) is 62.3 Å². The Labute approximate surface area is 157 Å². The molecular weight excluding hydrogens is 346 g/mol. The first kappa shape index (κ1) is 17.5. The van der Waals surface area contributed by atoms with E-state index in [0.29, 0.717) is 6.42 Å². The molecule has 0 bridgehead atoms. The van der Waals surface area contributed by atoms with Gasteiger partial charge in [-0.1, -0.05) is 12.1 Å². The number of benzene rings is 1. The van der Waals surface area contributed by atoms with Crippen LogP contribution in [0.25, 0.3) is 10.2 Å². The normalized spacial score (nSPS) is 22.9. The van der Waals surface area contributed by atoms with Gasteiger partial charge < -0.3 is 10.2 Å². The molecule has 1 N–H and O–H groups in total. The number of hydrogen-bond donors (Lipinski definition) is 1. The highest BCUT2D eigenvalue weighted by Gasteiger charge is 2.49. The first-order chi connectivity index (χ1) is 12.7. The third kappa shape index (κ3) is 3.22. The SMILES string of the molecule is O=C(CCCCc1nc2ccccc2s1)N1CCCC12CCCNC2=O. The number of likely N-dealkylation sites (tertiary alicyclic amines) is 1. The molecule has 6 heteroatoms. The maximum atomic E-state index is 12.7. The highest BCUT2D eigenvalue weighted by molar-refractivity contribution is 7.18. The Morgan fingerprint density at radius 2 is 2.08 bits per heavy atom. The van der Waals surface area contributed by atoms with Crippen molar-refractivity contribution in [2.45, 2.75) is 56.9 Å². The van der Waals surface area contributed by atoms with Gasteiger partial charge in [-0.2, -0.15) is 0 Å². The van der Waals surface area contributed by atoms with Gasteiger partial charge in [0.25, 0.3) is 0 Å². The molecule has 4 rings (SSSR count). The van der Waals surface area contributed by atoms with Crippen LogP contribution in [0, 0.1) is 0 Å². The predicted molar refractivity (Wildman–Crippen MR) is 103 cm³/mol. The number of piperidine rings is 1. The third-order valence-electron chi connectivity index (χ3n) is 5.63. The van der Waals surface area contributed by atoms with Gasteiger partial charge in [-0.15, -0.1) is 11.3 Å². The van der Waals surface area contributed by atoms with Crippen LogP contribution in [-0.2, 0) is 16.0 Å². The van der Waals surface area contributed by atoms with Crippen LogP contribution in [0.3, 0.4) is 0 Å². The number of hydrogen-bond acceptors (Lipinski definition) is 4. The molecule has 5 nitrogen and oxygen atoms in total. The molecule has 2 saturated heterocycles. The lowest BCUT2D eigenvalue weighted by atomic mass is 9.86. The smallest absolute Gasteiger partial charge is 0.245 e. The van der Waals surface area contributed by atoms with Crippen molar-refractivity contribution in [1.82, 2.24) is 15.2 Å². The molecule has 1 atom stereocenters. The number of nitrogens with zero attached hydrogens (tertiary/aromatic N) is 2. The zero-order valence-corrected chi connectivity index (χ0v) is 15.8. The Balaban J connectivity index is 1.30. The van der Waals surface area contributed by atoms with Gasteiger partial charge >= 0.3 is 0 Å². The van der Waals surface area contributed by atoms with E-state index in [4.69, 9.17) is 0 Å². The van der Waals surface area contributed by atoms with Gasteiger partial charge in [-0.05, 0) is 57.1 Å². The van der Waals surface area contributed by atoms with Crippen LogP contribution in [0.5, 0.6) is 0 Å². The standard InChI is InChI=1S/C20H25N3O2S/c24-18(23-14-6-12-20(23)11-5-13-21-19(20)25)10-4-3-9-17-22-15-7-1-2-8-16(15)26-17/h1-2,7-8H,3-6,9-14H2,(H,21,25). The van der Waals surface area contributed by atoms with Crippen molar-refractivity contribution in [3.8, 4) is 0 Å². The maximum absolute atomic E-state index is 12.7. The lowest BCUT2D eigenvalue weighted by Gasteiger charge is -2.40. The second-order valence-corrected chi connectivity index (χ2v) is 8.44. The number of unbranched alkanes of at least 4 members (excludes halogenated alkanes) is 1. The Hall–Kier alpha value is -1.95. The second kappa shape index (κ2) is 7.35. The fraction of sp³-hybridized carbons (Fsp3) is 0.550. The van der Waals surface area contributed by atoms with E-state index in [-0.39, 0.29) is 11.8 Å². The summed E-state index contributed by atoms with van der Waals surface area (Å²) < 4.78 is 1.22. The highest BCUT2D eigenvalue weighted by atomic mass is 32.1. The molecule has 1 aromatic heterocycles. The molecule has 1 spiro atoms. The number of para-hydroxylation sites is 1. The van der Waals surface area contributed by atoms with Crippen LogP contribution in [0.4, 0.5) is 0 Å². The quantitative estimate of drug-likeness (QED) is 0.821. The fourth-order valence-corrected chi connectivity index (χ4v) is 5.32. The van der Waals surface area contributed by atoms with Gasteiger partial charge in [0, 0.05) is 19.5 Å². The first-order valence-corrected chi connectivity index (χ1v) is 10.4. The van der Waals surface area contributed by atoms with Crippen molar-refractivity contribution in [3.63, 3.8) is 0 Å². The van der Waals surface area contributed by atoms with E-state index < -0.39 is 5.54 Å². The molecular formula is C20H25N3O2S. The average molecular weight is 372 g/mol. The van der Waals surface area contributed by atoms with E-state index in [2.05, 4.69) is 16.4 Å². The summed E-state index contributed by atoms with van der Waals surface area (Å²) in [5.74, 6) is 0.202. The van der Waals surface area contributed by atoms with E-state index in [1.807, 2.05) is 23.1 Å². The molecule has 2 aromatic rings. The number of nitrogens with one attached hydrogen (secondary N) is 1. The van der Waals surface area contributed by atoms with Crippen molar-refractivity contribution < 1.29 is 9.59 Å². The van der Waals surface area contributed by atoms with Crippen LogP contribution in [0.2, 0.25) is 0 Å². The van der Waals surface area contributed by atoms with Crippen molar-refractivity contribution in [1.29, 1.82) is 0 Å². The number of amides is 2. The number of aromatic nitrogens is 1. The molecule has 0 aliphatic carbocycles. The molecule has 2 aliphatic rings. The molecule has 1 unspecified atom stereocenters. The van der Waals surface area contributed by atoms with Crippen LogP contribution in [0.15, 0.2) is 24.3 Å². The zero-order chi connectivity index (χ0) is 18.0. The van der Waals surface area contributed by atoms with Crippen LogP contribution in [0.1, 0.15) is 50.0 Å². The Morgan fingerprint density at radius 3 is 2.92 bits per heavy atom. The highest BCUT2D eigenvalue weighted by Crippen LogP contribution is 2.36. The number of aryl methyl sites for hydroxylation is 1. The summed E-state index contributed by atoms with van der Waals surface area (Å²) in [6.45, 7) is 1.47. The summed E-state index contributed by atoms with van der Waals surface area (Å²) in [7, 11) is 0. The molecule has 0 saturated carbocycles. The van der Waals surface area contributed by atoms with Gasteiger partial charge in [-0.3, -0.25) is 9.59 Å². The monoisotopic (exact) mass is 371 g/mol. The third-order valence-corrected chi connectivity index (χ3v) is 6.73.